The van der Waals surface area contributed by atoms with Crippen LogP contribution in [0.3, 0.4) is 0 Å². The number of rotatable bonds is 7. The molecule has 4 aromatic rings. The van der Waals surface area contributed by atoms with E-state index in [1.807, 2.05) is 60.0 Å². The Morgan fingerprint density at radius 3 is 2.64 bits per heavy atom. The Bertz CT molecular complexity index is 1280. The molecule has 0 aliphatic heterocycles. The van der Waals surface area contributed by atoms with Crippen LogP contribution in [-0.2, 0) is 16.6 Å². The highest BCUT2D eigenvalue weighted by Gasteiger charge is 2.43. The molecule has 186 valence electrons. The van der Waals surface area contributed by atoms with Crippen molar-refractivity contribution in [2.45, 2.75) is 43.6 Å². The summed E-state index contributed by atoms with van der Waals surface area (Å²) < 4.78 is 16.9. The van der Waals surface area contributed by atoms with E-state index in [1.165, 1.54) is 11.3 Å². The van der Waals surface area contributed by atoms with Gasteiger partial charge in [0.25, 0.3) is 0 Å². The van der Waals surface area contributed by atoms with E-state index >= 15 is 0 Å². The Hall–Kier alpha value is -3.65. The number of ether oxygens (including phenoxy) is 2. The van der Waals surface area contributed by atoms with E-state index in [2.05, 4.69) is 17.3 Å². The number of benzene rings is 2. The molecule has 1 amide bonds. The van der Waals surface area contributed by atoms with Crippen molar-refractivity contribution in [1.29, 1.82) is 0 Å². The number of methoxy groups -OCH3 is 1. The average molecular weight is 504 g/mol. The molecule has 7 nitrogen and oxygen atoms in total. The van der Waals surface area contributed by atoms with Gasteiger partial charge in [0.15, 0.2) is 5.82 Å². The second kappa shape index (κ2) is 10.5. The first-order chi connectivity index (χ1) is 17.6. The summed E-state index contributed by atoms with van der Waals surface area (Å²) in [6.07, 6.45) is 3.02. The van der Waals surface area contributed by atoms with Gasteiger partial charge in [-0.05, 0) is 66.5 Å². The summed E-state index contributed by atoms with van der Waals surface area (Å²) in [5.74, 6) is 2.05. The van der Waals surface area contributed by atoms with E-state index in [0.29, 0.717) is 18.1 Å². The molecular weight excluding hydrogens is 474 g/mol. The molecule has 0 saturated heterocycles. The fourth-order valence-corrected chi connectivity index (χ4v) is 5.54. The zero-order valence-electron chi connectivity index (χ0n) is 20.4. The smallest absolute Gasteiger partial charge is 0.414 e. The Kier molecular flexibility index (Phi) is 7.04. The highest BCUT2D eigenvalue weighted by molar-refractivity contribution is 7.14. The minimum atomic E-state index is -0.389. The van der Waals surface area contributed by atoms with E-state index in [0.717, 1.165) is 47.6 Å². The molecular formula is C28H29N3O4S. The van der Waals surface area contributed by atoms with Crippen molar-refractivity contribution in [1.82, 2.24) is 10.1 Å². The lowest BCUT2D eigenvalue weighted by Crippen LogP contribution is -2.39. The van der Waals surface area contributed by atoms with Gasteiger partial charge in [0.05, 0.1) is 18.9 Å². The Labute approximate surface area is 214 Å². The predicted octanol–water partition coefficient (Wildman–Crippen LogP) is 6.23. The molecule has 0 bridgehead atoms. The number of hydrogen-bond donors (Lipinski definition) is 0. The van der Waals surface area contributed by atoms with Crippen LogP contribution in [0.1, 0.15) is 48.5 Å². The maximum Gasteiger partial charge on any atom is 0.414 e. The quantitative estimate of drug-likeness (QED) is 0.297. The first-order valence-electron chi connectivity index (χ1n) is 12.1. The van der Waals surface area contributed by atoms with Crippen molar-refractivity contribution >= 4 is 22.4 Å². The normalized spacial score (nSPS) is 19.6. The van der Waals surface area contributed by atoms with Gasteiger partial charge in [-0.2, -0.15) is 4.98 Å². The highest BCUT2D eigenvalue weighted by atomic mass is 32.1. The van der Waals surface area contributed by atoms with E-state index < -0.39 is 0 Å². The maximum atomic E-state index is 12.7. The maximum absolute atomic E-state index is 12.7. The Balaban J connectivity index is 1.33. The van der Waals surface area contributed by atoms with Crippen LogP contribution in [0.15, 0.2) is 76.6 Å². The summed E-state index contributed by atoms with van der Waals surface area (Å²) in [5, 5.41) is 7.25. The van der Waals surface area contributed by atoms with Crippen LogP contribution >= 0.6 is 11.3 Å². The van der Waals surface area contributed by atoms with E-state index in [9.17, 15) is 4.79 Å². The van der Waals surface area contributed by atoms with Crippen molar-refractivity contribution in [3.8, 4) is 5.75 Å². The van der Waals surface area contributed by atoms with Crippen molar-refractivity contribution in [2.75, 3.05) is 19.1 Å². The van der Waals surface area contributed by atoms with Gasteiger partial charge in [0.2, 0.25) is 5.89 Å². The lowest BCUT2D eigenvalue weighted by Gasteiger charge is -2.38. The zero-order chi connectivity index (χ0) is 25.0. The van der Waals surface area contributed by atoms with Gasteiger partial charge < -0.3 is 14.0 Å². The molecule has 1 fully saturated rings. The number of amides is 1. The third kappa shape index (κ3) is 4.99. The summed E-state index contributed by atoms with van der Waals surface area (Å²) in [5.41, 5.74) is 1.81. The first kappa shape index (κ1) is 24.1. The molecule has 0 spiro atoms. The van der Waals surface area contributed by atoms with Crippen LogP contribution in [0, 0.1) is 0 Å². The van der Waals surface area contributed by atoms with Crippen LogP contribution < -0.4 is 9.64 Å². The predicted molar refractivity (Wildman–Crippen MR) is 139 cm³/mol. The Morgan fingerprint density at radius 1 is 1.11 bits per heavy atom. The molecule has 36 heavy (non-hydrogen) atoms. The highest BCUT2D eigenvalue weighted by Crippen LogP contribution is 2.44. The fraction of sp³-hybridized carbons (Fsp3) is 0.321. The van der Waals surface area contributed by atoms with Crippen molar-refractivity contribution in [3.63, 3.8) is 0 Å². The van der Waals surface area contributed by atoms with Crippen molar-refractivity contribution in [2.24, 2.45) is 0 Å². The fourth-order valence-electron chi connectivity index (χ4n) is 4.85. The lowest BCUT2D eigenvalue weighted by molar-refractivity contribution is 0.0671. The van der Waals surface area contributed by atoms with Crippen molar-refractivity contribution < 1.29 is 18.8 Å². The topological polar surface area (TPSA) is 77.7 Å². The molecule has 2 aromatic heterocycles. The van der Waals surface area contributed by atoms with Gasteiger partial charge in [-0.3, -0.25) is 4.90 Å². The molecule has 2 aromatic carbocycles. The van der Waals surface area contributed by atoms with Crippen molar-refractivity contribution in [3.05, 3.63) is 95.0 Å². The van der Waals surface area contributed by atoms with Crippen LogP contribution in [0.25, 0.3) is 0 Å². The second-order valence-electron chi connectivity index (χ2n) is 9.08. The summed E-state index contributed by atoms with van der Waals surface area (Å²) in [6, 6.07) is 22.0. The number of aromatic nitrogens is 2. The summed E-state index contributed by atoms with van der Waals surface area (Å²) >= 11 is 1.51. The van der Waals surface area contributed by atoms with Crippen LogP contribution in [0.2, 0.25) is 0 Å². The monoisotopic (exact) mass is 503 g/mol. The minimum absolute atomic E-state index is 0.153. The molecule has 0 radical (unpaired) electrons. The van der Waals surface area contributed by atoms with E-state index in [1.54, 1.807) is 19.1 Å². The molecule has 1 aliphatic rings. The third-order valence-electron chi connectivity index (χ3n) is 6.88. The number of carbonyl (C=O) groups is 1. The van der Waals surface area contributed by atoms with Crippen LogP contribution in [-0.4, -0.2) is 36.5 Å². The third-order valence-corrected chi connectivity index (χ3v) is 7.82. The summed E-state index contributed by atoms with van der Waals surface area (Å²) in [6.45, 7) is 0. The number of hydrogen-bond acceptors (Lipinski definition) is 7. The van der Waals surface area contributed by atoms with Gasteiger partial charge >= 0.3 is 6.09 Å². The molecule has 1 saturated carbocycles. The van der Waals surface area contributed by atoms with Gasteiger partial charge in [-0.25, -0.2) is 4.79 Å². The molecule has 1 aliphatic carbocycles. The number of thiophene rings is 1. The van der Waals surface area contributed by atoms with Gasteiger partial charge in [-0.1, -0.05) is 47.6 Å². The van der Waals surface area contributed by atoms with E-state index in [-0.39, 0.29) is 17.6 Å². The molecule has 2 heterocycles. The van der Waals surface area contributed by atoms with Crippen LogP contribution in [0.4, 0.5) is 9.80 Å². The van der Waals surface area contributed by atoms with Gasteiger partial charge in [-0.15, -0.1) is 11.3 Å². The Morgan fingerprint density at radius 2 is 1.92 bits per heavy atom. The number of nitrogens with zero attached hydrogens (tertiary/aromatic N) is 3. The summed E-state index contributed by atoms with van der Waals surface area (Å²) in [7, 11) is 3.40. The SMILES string of the molecule is COc1cccc(Cc2nc(C3(c4ccccc4)CCC(OC(=O)N(C)c4cccs4)CC3)no2)c1. The molecule has 0 atom stereocenters. The van der Waals surface area contributed by atoms with Gasteiger partial charge in [0.1, 0.15) is 16.9 Å². The largest absolute Gasteiger partial charge is 0.497 e. The molecule has 0 N–H and O–H groups in total. The summed E-state index contributed by atoms with van der Waals surface area (Å²) in [4.78, 5) is 19.1. The molecule has 5 rings (SSSR count). The first-order valence-corrected chi connectivity index (χ1v) is 12.9. The standard InChI is InChI=1S/C28H29N3O4S/c1-31(25-12-7-17-36-25)27(32)34-22-13-15-28(16-14-22,21-9-4-3-5-10-21)26-29-24(35-30-26)19-20-8-6-11-23(18-20)33-2/h3-12,17-18,22H,13-16,19H2,1-2H3. The number of anilines is 1. The average Bonchev–Trinajstić information content (AvgIpc) is 3.63. The number of carbonyl (C=O) groups excluding carboxylic acids is 1. The van der Waals surface area contributed by atoms with Gasteiger partial charge in [0, 0.05) is 7.05 Å². The molecule has 0 unspecified atom stereocenters. The zero-order valence-corrected chi connectivity index (χ0v) is 21.2. The molecule has 8 heteroatoms. The minimum Gasteiger partial charge on any atom is -0.497 e. The second-order valence-corrected chi connectivity index (χ2v) is 10.0. The lowest BCUT2D eigenvalue weighted by atomic mass is 9.68. The van der Waals surface area contributed by atoms with E-state index in [4.69, 9.17) is 19.0 Å². The van der Waals surface area contributed by atoms with Crippen LogP contribution in [0.5, 0.6) is 5.75 Å².